The fraction of sp³-hybridized carbons (Fsp3) is 0.250. The van der Waals surface area contributed by atoms with Gasteiger partial charge in [-0.2, -0.15) is 0 Å². The molecule has 6 heteroatoms. The molecule has 0 saturated heterocycles. The number of para-hydroxylation sites is 1. The Bertz CT molecular complexity index is 1020. The second-order valence-corrected chi connectivity index (χ2v) is 8.50. The lowest BCUT2D eigenvalue weighted by atomic mass is 9.94. The van der Waals surface area contributed by atoms with E-state index in [0.29, 0.717) is 13.0 Å². The van der Waals surface area contributed by atoms with Crippen LogP contribution in [0.15, 0.2) is 66.0 Å². The van der Waals surface area contributed by atoms with Crippen molar-refractivity contribution >= 4 is 28.8 Å². The van der Waals surface area contributed by atoms with Crippen molar-refractivity contribution in [3.63, 3.8) is 0 Å². The molecule has 1 fully saturated rings. The smallest absolute Gasteiger partial charge is 0.235 e. The minimum atomic E-state index is -0.521. The van der Waals surface area contributed by atoms with Crippen LogP contribution in [0.25, 0.3) is 0 Å². The molecule has 0 bridgehead atoms. The number of anilines is 1. The number of amides is 2. The van der Waals surface area contributed by atoms with Crippen molar-refractivity contribution in [3.05, 3.63) is 82.0 Å². The van der Waals surface area contributed by atoms with Crippen LogP contribution in [-0.4, -0.2) is 18.9 Å². The van der Waals surface area contributed by atoms with Gasteiger partial charge in [-0.3, -0.25) is 9.59 Å². The number of ether oxygens (including phenoxy) is 1. The summed E-state index contributed by atoms with van der Waals surface area (Å²) < 4.78 is 5.45. The molecule has 1 saturated carbocycles. The number of hydrogen-bond donors (Lipinski definition) is 2. The molecule has 154 valence electrons. The first-order valence-corrected chi connectivity index (χ1v) is 10.8. The van der Waals surface area contributed by atoms with E-state index in [-0.39, 0.29) is 11.8 Å². The van der Waals surface area contributed by atoms with E-state index in [0.717, 1.165) is 40.3 Å². The molecule has 1 aliphatic carbocycles. The van der Waals surface area contributed by atoms with Crippen LogP contribution in [0.3, 0.4) is 0 Å². The van der Waals surface area contributed by atoms with Crippen molar-refractivity contribution in [2.24, 2.45) is 0 Å². The molecular weight excluding hydrogens is 396 g/mol. The van der Waals surface area contributed by atoms with Gasteiger partial charge in [-0.05, 0) is 48.1 Å². The number of methoxy groups -OCH3 is 1. The van der Waals surface area contributed by atoms with Crippen LogP contribution in [0.5, 0.6) is 5.75 Å². The Hall–Kier alpha value is -3.12. The van der Waals surface area contributed by atoms with Gasteiger partial charge in [0.1, 0.15) is 5.75 Å². The van der Waals surface area contributed by atoms with E-state index < -0.39 is 5.41 Å². The third-order valence-corrected chi connectivity index (χ3v) is 6.30. The van der Waals surface area contributed by atoms with E-state index in [1.165, 1.54) is 0 Å². The predicted octanol–water partition coefficient (Wildman–Crippen LogP) is 4.29. The van der Waals surface area contributed by atoms with Gasteiger partial charge in [0.15, 0.2) is 0 Å². The minimum Gasteiger partial charge on any atom is -0.496 e. The monoisotopic (exact) mass is 420 g/mol. The maximum atomic E-state index is 13.0. The second-order valence-electron chi connectivity index (χ2n) is 7.47. The molecule has 0 radical (unpaired) electrons. The van der Waals surface area contributed by atoms with Crippen LogP contribution in [0.1, 0.15) is 28.8 Å². The summed E-state index contributed by atoms with van der Waals surface area (Å²) in [5.74, 6) is 0.704. The van der Waals surface area contributed by atoms with Gasteiger partial charge in [0.25, 0.3) is 0 Å². The van der Waals surface area contributed by atoms with E-state index in [4.69, 9.17) is 4.74 Å². The van der Waals surface area contributed by atoms with Crippen LogP contribution in [-0.2, 0) is 28.0 Å². The summed E-state index contributed by atoms with van der Waals surface area (Å²) in [6.07, 6.45) is 1.92. The molecule has 1 heterocycles. The van der Waals surface area contributed by atoms with Crippen LogP contribution in [0, 0.1) is 0 Å². The number of thiophene rings is 1. The Morgan fingerprint density at radius 3 is 2.47 bits per heavy atom. The molecular formula is C24H24N2O3S. The Morgan fingerprint density at radius 2 is 1.80 bits per heavy atom. The number of hydrogen-bond acceptors (Lipinski definition) is 4. The SMILES string of the molecule is COc1ccccc1C1(C(=O)Nc2ccc(CC(=O)NCc3cccs3)cc2)CC1. The summed E-state index contributed by atoms with van der Waals surface area (Å²) in [5.41, 5.74) is 2.04. The van der Waals surface area contributed by atoms with Gasteiger partial charge in [0.05, 0.1) is 25.5 Å². The summed E-state index contributed by atoms with van der Waals surface area (Å²) in [6, 6.07) is 19.1. The Labute approximate surface area is 180 Å². The molecule has 0 spiro atoms. The van der Waals surface area contributed by atoms with Crippen molar-refractivity contribution in [1.29, 1.82) is 0 Å². The van der Waals surface area contributed by atoms with Gasteiger partial charge in [0, 0.05) is 16.1 Å². The quantitative estimate of drug-likeness (QED) is 0.571. The highest BCUT2D eigenvalue weighted by molar-refractivity contribution is 7.09. The Balaban J connectivity index is 1.35. The molecule has 0 aliphatic heterocycles. The third kappa shape index (κ3) is 4.39. The fourth-order valence-electron chi connectivity index (χ4n) is 3.59. The van der Waals surface area contributed by atoms with Crippen LogP contribution in [0.2, 0.25) is 0 Å². The average Bonchev–Trinajstić information content (AvgIpc) is 3.41. The van der Waals surface area contributed by atoms with Gasteiger partial charge < -0.3 is 15.4 Å². The second kappa shape index (κ2) is 8.71. The van der Waals surface area contributed by atoms with Crippen molar-refractivity contribution < 1.29 is 14.3 Å². The molecule has 1 aromatic heterocycles. The molecule has 30 heavy (non-hydrogen) atoms. The molecule has 0 unspecified atom stereocenters. The molecule has 0 atom stereocenters. The number of benzene rings is 2. The largest absolute Gasteiger partial charge is 0.496 e. The zero-order valence-corrected chi connectivity index (χ0v) is 17.6. The number of nitrogens with one attached hydrogen (secondary N) is 2. The average molecular weight is 421 g/mol. The van der Waals surface area contributed by atoms with Crippen molar-refractivity contribution in [1.82, 2.24) is 5.32 Å². The Morgan fingerprint density at radius 1 is 1.03 bits per heavy atom. The minimum absolute atomic E-state index is 0.0200. The first-order chi connectivity index (χ1) is 14.6. The van der Waals surface area contributed by atoms with Gasteiger partial charge >= 0.3 is 0 Å². The van der Waals surface area contributed by atoms with Gasteiger partial charge in [-0.1, -0.05) is 36.4 Å². The highest BCUT2D eigenvalue weighted by Crippen LogP contribution is 2.51. The summed E-state index contributed by atoms with van der Waals surface area (Å²) in [5, 5.41) is 7.95. The van der Waals surface area contributed by atoms with Crippen LogP contribution >= 0.6 is 11.3 Å². The standard InChI is InChI=1S/C24H24N2O3S/c1-29-21-7-3-2-6-20(21)24(12-13-24)23(28)26-18-10-8-17(9-11-18)15-22(27)25-16-19-5-4-14-30-19/h2-11,14H,12-13,15-16H2,1H3,(H,25,27)(H,26,28). The highest BCUT2D eigenvalue weighted by Gasteiger charge is 2.52. The number of rotatable bonds is 8. The Kier molecular flexibility index (Phi) is 5.86. The fourth-order valence-corrected chi connectivity index (χ4v) is 4.23. The zero-order valence-electron chi connectivity index (χ0n) is 16.8. The molecule has 5 nitrogen and oxygen atoms in total. The lowest BCUT2D eigenvalue weighted by Crippen LogP contribution is -2.28. The lowest BCUT2D eigenvalue weighted by molar-refractivity contribution is -0.120. The van der Waals surface area contributed by atoms with Gasteiger partial charge in [-0.25, -0.2) is 0 Å². The maximum absolute atomic E-state index is 13.0. The first kappa shape index (κ1) is 20.2. The van der Waals surface area contributed by atoms with Crippen LogP contribution in [0.4, 0.5) is 5.69 Å². The molecule has 2 N–H and O–H groups in total. The van der Waals surface area contributed by atoms with E-state index in [1.54, 1.807) is 18.4 Å². The number of carbonyl (C=O) groups excluding carboxylic acids is 2. The van der Waals surface area contributed by atoms with E-state index >= 15 is 0 Å². The lowest BCUT2D eigenvalue weighted by Gasteiger charge is -2.18. The van der Waals surface area contributed by atoms with E-state index in [9.17, 15) is 9.59 Å². The predicted molar refractivity (Wildman–Crippen MR) is 119 cm³/mol. The molecule has 2 aromatic carbocycles. The molecule has 2 amide bonds. The van der Waals surface area contributed by atoms with Gasteiger partial charge in [-0.15, -0.1) is 11.3 Å². The summed E-state index contributed by atoms with van der Waals surface area (Å²) in [7, 11) is 1.63. The first-order valence-electron chi connectivity index (χ1n) is 9.94. The zero-order chi connectivity index (χ0) is 21.0. The third-order valence-electron chi connectivity index (χ3n) is 5.42. The summed E-state index contributed by atoms with van der Waals surface area (Å²) in [6.45, 7) is 0.551. The maximum Gasteiger partial charge on any atom is 0.235 e. The van der Waals surface area contributed by atoms with Crippen LogP contribution < -0.4 is 15.4 Å². The van der Waals surface area contributed by atoms with Crippen molar-refractivity contribution in [3.8, 4) is 5.75 Å². The van der Waals surface area contributed by atoms with E-state index in [1.807, 2.05) is 66.0 Å². The molecule has 1 aliphatic rings. The highest BCUT2D eigenvalue weighted by atomic mass is 32.1. The number of carbonyl (C=O) groups is 2. The summed E-state index contributed by atoms with van der Waals surface area (Å²) in [4.78, 5) is 26.3. The van der Waals surface area contributed by atoms with Crippen molar-refractivity contribution in [2.75, 3.05) is 12.4 Å². The van der Waals surface area contributed by atoms with Crippen molar-refractivity contribution in [2.45, 2.75) is 31.2 Å². The molecule has 4 rings (SSSR count). The van der Waals surface area contributed by atoms with E-state index in [2.05, 4.69) is 10.6 Å². The topological polar surface area (TPSA) is 67.4 Å². The molecule has 3 aromatic rings. The normalized spacial score (nSPS) is 14.0. The van der Waals surface area contributed by atoms with Gasteiger partial charge in [0.2, 0.25) is 11.8 Å². The summed E-state index contributed by atoms with van der Waals surface area (Å²) >= 11 is 1.62.